The van der Waals surface area contributed by atoms with Crippen LogP contribution >= 0.6 is 0 Å². The molecule has 0 spiro atoms. The van der Waals surface area contributed by atoms with E-state index in [1.165, 1.54) is 0 Å². The summed E-state index contributed by atoms with van der Waals surface area (Å²) in [5.74, 6) is 0. The van der Waals surface area contributed by atoms with Crippen molar-refractivity contribution in [3.05, 3.63) is 26.3 Å². The van der Waals surface area contributed by atoms with Crippen LogP contribution in [0.3, 0.4) is 0 Å². The third-order valence-electron chi connectivity index (χ3n) is 0. The molecule has 0 fully saturated rings. The number of rotatable bonds is 0. The zero-order valence-corrected chi connectivity index (χ0v) is 13.9. The Morgan fingerprint density at radius 1 is 0.455 bits per heavy atom. The van der Waals surface area contributed by atoms with Crippen LogP contribution in [0.1, 0.15) is 0 Å². The second-order valence-electron chi connectivity index (χ2n) is 0. The molecule has 0 bridgehead atoms. The monoisotopic (exact) mass is 288 g/mol. The molecular weight excluding hydrogens is 289 g/mol. The first-order valence-electron chi connectivity index (χ1n) is 0.894. The number of nitrogens with zero attached hydrogens (tertiary/aromatic N) is 4. The van der Waals surface area contributed by atoms with Crippen LogP contribution in [0.4, 0.5) is 0 Å². The van der Waals surface area contributed by atoms with Crippen molar-refractivity contribution < 1.29 is 20.4 Å². The van der Waals surface area contributed by atoms with E-state index in [0.29, 0.717) is 0 Å². The fourth-order valence-corrected chi connectivity index (χ4v) is 0. The summed E-state index contributed by atoms with van der Waals surface area (Å²) >= 11 is 0. The Hall–Kier alpha value is 1.90. The maximum Gasteiger partial charge on any atom is 0 e. The first kappa shape index (κ1) is 52.5. The molecule has 7 heteroatoms. The normalized spacial score (nSPS) is 0.727. The van der Waals surface area contributed by atoms with Crippen molar-refractivity contribution >= 4 is 103 Å². The standard InChI is InChI=1S/4CN.2K.Pd/c4*1-2;;;/q4*-1;;;. The zero-order chi connectivity index (χ0) is 8.00. The molecule has 4 nitrogen and oxygen atoms in total. The van der Waals surface area contributed by atoms with Gasteiger partial charge in [0.2, 0.25) is 0 Å². The van der Waals surface area contributed by atoms with Crippen molar-refractivity contribution in [2.45, 2.75) is 0 Å². The molecule has 2 radical (unpaired) electrons. The fourth-order valence-electron chi connectivity index (χ4n) is 0. The summed E-state index contributed by atoms with van der Waals surface area (Å²) in [6.07, 6.45) is 0. The van der Waals surface area contributed by atoms with E-state index in [1.807, 2.05) is 0 Å². The summed E-state index contributed by atoms with van der Waals surface area (Å²) in [6, 6.07) is 0. The van der Waals surface area contributed by atoms with Crippen molar-refractivity contribution in [3.63, 3.8) is 0 Å². The maximum absolute atomic E-state index is 6.25. The number of hydrogen-bond acceptors (Lipinski definition) is 4. The second-order valence-corrected chi connectivity index (χ2v) is 0. The van der Waals surface area contributed by atoms with Gasteiger partial charge in [-0.1, -0.05) is 0 Å². The van der Waals surface area contributed by atoms with Crippen LogP contribution in [0.5, 0.6) is 0 Å². The summed E-state index contributed by atoms with van der Waals surface area (Å²) < 4.78 is 0. The quantitative estimate of drug-likeness (QED) is 0.448. The Balaban J connectivity index is -0.00000000356. The van der Waals surface area contributed by atoms with Crippen LogP contribution in [0, 0.1) is 47.3 Å². The molecule has 0 aromatic carbocycles. The molecule has 0 aromatic heterocycles. The minimum absolute atomic E-state index is 0. The zero-order valence-electron chi connectivity index (χ0n) is 6.11. The molecule has 0 atom stereocenters. The Bertz CT molecular complexity index is 63.1. The van der Waals surface area contributed by atoms with Crippen LogP contribution in [0.15, 0.2) is 0 Å². The van der Waals surface area contributed by atoms with Gasteiger partial charge in [0.05, 0.1) is 0 Å². The minimum atomic E-state index is 0. The van der Waals surface area contributed by atoms with Gasteiger partial charge in [-0.15, -0.1) is 0 Å². The third-order valence-corrected chi connectivity index (χ3v) is 0. The average Bonchev–Trinajstić information content (AvgIpc) is 2.03. The van der Waals surface area contributed by atoms with Gasteiger partial charge in [0, 0.05) is 123 Å². The SMILES string of the molecule is [C-]#N.[C-]#N.[C-]#N.[C-]#N.[K].[K].[Pd]. The molecule has 0 heterocycles. The van der Waals surface area contributed by atoms with Crippen LogP contribution in [-0.2, 0) is 20.4 Å². The largest absolute Gasteiger partial charge is 0.512 e. The fraction of sp³-hybridized carbons (Fsp3) is 0. The average molecular weight is 289 g/mol. The smallest absolute Gasteiger partial charge is 0 e. The summed E-state index contributed by atoms with van der Waals surface area (Å²) in [5.41, 5.74) is 0. The van der Waals surface area contributed by atoms with E-state index in [0.717, 1.165) is 0 Å². The van der Waals surface area contributed by atoms with Gasteiger partial charge in [-0.25, -0.2) is 0 Å². The molecule has 0 amide bonds. The van der Waals surface area contributed by atoms with Crippen molar-refractivity contribution in [1.82, 2.24) is 0 Å². The molecule has 0 aliphatic rings. The van der Waals surface area contributed by atoms with E-state index < -0.39 is 0 Å². The first-order chi connectivity index (χ1) is 4.00. The minimum Gasteiger partial charge on any atom is -0.512 e. The van der Waals surface area contributed by atoms with Gasteiger partial charge in [0.25, 0.3) is 0 Å². The molecule has 11 heavy (non-hydrogen) atoms. The van der Waals surface area contributed by atoms with E-state index in [-0.39, 0.29) is 123 Å². The van der Waals surface area contributed by atoms with Gasteiger partial charge in [0.1, 0.15) is 0 Å². The van der Waals surface area contributed by atoms with Gasteiger partial charge in [-0.2, -0.15) is 0 Å². The molecule has 0 aromatic rings. The van der Waals surface area contributed by atoms with Crippen LogP contribution in [0.25, 0.3) is 0 Å². The van der Waals surface area contributed by atoms with Gasteiger partial charge >= 0.3 is 0 Å². The Labute approximate surface area is 166 Å². The van der Waals surface area contributed by atoms with Crippen molar-refractivity contribution in [3.8, 4) is 0 Å². The van der Waals surface area contributed by atoms with E-state index in [4.69, 9.17) is 47.3 Å². The molecule has 0 unspecified atom stereocenters. The van der Waals surface area contributed by atoms with E-state index in [1.54, 1.807) is 0 Å². The molecule has 0 saturated carbocycles. The Kier molecular flexibility index (Phi) is 1880. The molecule has 0 N–H and O–H groups in total. The van der Waals surface area contributed by atoms with E-state index >= 15 is 0 Å². The molecule has 0 aliphatic carbocycles. The Morgan fingerprint density at radius 2 is 0.455 bits per heavy atom. The van der Waals surface area contributed by atoms with Crippen LogP contribution < -0.4 is 0 Å². The predicted octanol–water partition coefficient (Wildman–Crippen LogP) is -0.379. The summed E-state index contributed by atoms with van der Waals surface area (Å²) in [5, 5.41) is 25.0. The summed E-state index contributed by atoms with van der Waals surface area (Å²) in [7, 11) is 0. The first-order valence-corrected chi connectivity index (χ1v) is 0.894. The molecule has 0 rings (SSSR count). The van der Waals surface area contributed by atoms with Crippen molar-refractivity contribution in [1.29, 1.82) is 21.0 Å². The van der Waals surface area contributed by atoms with Crippen molar-refractivity contribution in [2.75, 3.05) is 0 Å². The van der Waals surface area contributed by atoms with E-state index in [2.05, 4.69) is 0 Å². The predicted molar refractivity (Wildman–Crippen MR) is 31.4 cm³/mol. The van der Waals surface area contributed by atoms with E-state index in [9.17, 15) is 0 Å². The van der Waals surface area contributed by atoms with Gasteiger partial charge in [0.15, 0.2) is 0 Å². The Morgan fingerprint density at radius 3 is 0.455 bits per heavy atom. The summed E-state index contributed by atoms with van der Waals surface area (Å²) in [6.45, 7) is 19.0. The molecule has 0 saturated heterocycles. The van der Waals surface area contributed by atoms with Gasteiger partial charge < -0.3 is 47.3 Å². The molecule has 0 aliphatic heterocycles. The van der Waals surface area contributed by atoms with Gasteiger partial charge in [-0.3, -0.25) is 0 Å². The summed E-state index contributed by atoms with van der Waals surface area (Å²) in [4.78, 5) is 0. The van der Waals surface area contributed by atoms with Gasteiger partial charge in [-0.05, 0) is 0 Å². The molecule has 52 valence electrons. The topological polar surface area (TPSA) is 95.2 Å². The van der Waals surface area contributed by atoms with Crippen LogP contribution in [-0.4, -0.2) is 103 Å². The van der Waals surface area contributed by atoms with Crippen LogP contribution in [0.2, 0.25) is 0 Å². The second kappa shape index (κ2) is 393. The third kappa shape index (κ3) is 324. The number of hydrogen-bond donors (Lipinski definition) is 0. The molecular formula is C4K2N4Pd-4. The maximum atomic E-state index is 6.25. The van der Waals surface area contributed by atoms with Crippen molar-refractivity contribution in [2.24, 2.45) is 0 Å².